The van der Waals surface area contributed by atoms with Crippen LogP contribution in [0.4, 0.5) is 34.1 Å². The molecule has 12 aromatic carbocycles. The van der Waals surface area contributed by atoms with Crippen LogP contribution >= 0.6 is 0 Å². The first-order chi connectivity index (χ1) is 42.1. The van der Waals surface area contributed by atoms with Gasteiger partial charge in [0.15, 0.2) is 0 Å². The Labute approximate surface area is 512 Å². The van der Waals surface area contributed by atoms with Crippen molar-refractivity contribution in [1.82, 2.24) is 0 Å². The summed E-state index contributed by atoms with van der Waals surface area (Å²) in [6, 6.07) is 95.6. The number of anilines is 6. The number of hydrogen-bond acceptors (Lipinski definition) is 2. The van der Waals surface area contributed by atoms with E-state index in [1.165, 1.54) is 139 Å². The van der Waals surface area contributed by atoms with E-state index in [-0.39, 0.29) is 16.2 Å². The van der Waals surface area contributed by atoms with Crippen molar-refractivity contribution in [1.29, 1.82) is 0 Å². The van der Waals surface area contributed by atoms with Crippen LogP contribution in [0.25, 0.3) is 66.8 Å². The van der Waals surface area contributed by atoms with Crippen LogP contribution in [-0.4, -0.2) is 0 Å². The van der Waals surface area contributed by atoms with Crippen molar-refractivity contribution in [3.8, 4) is 66.8 Å². The topological polar surface area (TPSA) is 6.48 Å². The van der Waals surface area contributed by atoms with Gasteiger partial charge in [0.1, 0.15) is 0 Å². The third-order valence-electron chi connectivity index (χ3n) is 21.1. The molecule has 5 aliphatic rings. The minimum atomic E-state index is -0.411. The van der Waals surface area contributed by atoms with Crippen LogP contribution < -0.4 is 9.80 Å². The monoisotopic (exact) mass is 1120 g/mol. The first-order valence-corrected chi connectivity index (χ1v) is 31.1. The van der Waals surface area contributed by atoms with E-state index in [0.717, 1.165) is 34.1 Å². The van der Waals surface area contributed by atoms with Gasteiger partial charge in [-0.25, -0.2) is 0 Å². The van der Waals surface area contributed by atoms with Crippen molar-refractivity contribution in [2.24, 2.45) is 0 Å². The zero-order chi connectivity index (χ0) is 59.0. The molecular formula is C85H68N2. The molecule has 0 saturated carbocycles. The van der Waals surface area contributed by atoms with E-state index in [0.29, 0.717) is 0 Å². The summed E-state index contributed by atoms with van der Waals surface area (Å²) in [6.07, 6.45) is 0. The quantitative estimate of drug-likeness (QED) is 0.157. The smallest absolute Gasteiger partial charge is 0.0725 e. The van der Waals surface area contributed by atoms with E-state index < -0.39 is 5.41 Å². The van der Waals surface area contributed by atoms with Gasteiger partial charge in [-0.1, -0.05) is 229 Å². The maximum Gasteiger partial charge on any atom is 0.0725 e. The second-order valence-electron chi connectivity index (χ2n) is 27.0. The van der Waals surface area contributed by atoms with Crippen LogP contribution in [0.15, 0.2) is 249 Å². The summed E-state index contributed by atoms with van der Waals surface area (Å²) >= 11 is 0. The van der Waals surface area contributed by atoms with Gasteiger partial charge in [0.25, 0.3) is 0 Å². The van der Waals surface area contributed by atoms with Gasteiger partial charge in [-0.3, -0.25) is 0 Å². The molecule has 418 valence electrons. The number of nitrogens with zero attached hydrogens (tertiary/aromatic N) is 2. The molecule has 5 aliphatic carbocycles. The molecule has 1 spiro atoms. The molecule has 0 radical (unpaired) electrons. The Hall–Kier alpha value is -9.76. The third-order valence-corrected chi connectivity index (χ3v) is 21.1. The van der Waals surface area contributed by atoms with Crippen molar-refractivity contribution in [2.75, 3.05) is 9.80 Å². The van der Waals surface area contributed by atoms with Crippen LogP contribution in [0.3, 0.4) is 0 Å². The number of aryl methyl sites for hydroxylation is 3. The molecule has 0 unspecified atom stereocenters. The summed E-state index contributed by atoms with van der Waals surface area (Å²) in [7, 11) is 0. The van der Waals surface area contributed by atoms with Gasteiger partial charge < -0.3 is 9.80 Å². The molecule has 0 amide bonds. The highest BCUT2D eigenvalue weighted by atomic mass is 15.1. The lowest BCUT2D eigenvalue weighted by Crippen LogP contribution is -2.25. The molecule has 0 atom stereocenters. The molecule has 0 saturated heterocycles. The second-order valence-corrected chi connectivity index (χ2v) is 27.0. The molecule has 2 heteroatoms. The van der Waals surface area contributed by atoms with Crippen molar-refractivity contribution in [3.05, 3.63) is 321 Å². The molecule has 17 rings (SSSR count). The molecule has 12 aromatic rings. The fourth-order valence-electron chi connectivity index (χ4n) is 16.8. The maximum absolute atomic E-state index is 2.50. The van der Waals surface area contributed by atoms with Gasteiger partial charge in [-0.2, -0.15) is 0 Å². The summed E-state index contributed by atoms with van der Waals surface area (Å²) in [5.74, 6) is 0. The largest absolute Gasteiger partial charge is 0.310 e. The Morgan fingerprint density at radius 3 is 0.977 bits per heavy atom. The van der Waals surface area contributed by atoms with E-state index in [4.69, 9.17) is 0 Å². The predicted octanol–water partition coefficient (Wildman–Crippen LogP) is 22.5. The zero-order valence-corrected chi connectivity index (χ0v) is 51.1. The Balaban J connectivity index is 0.785. The van der Waals surface area contributed by atoms with E-state index in [1.807, 2.05) is 0 Å². The van der Waals surface area contributed by atoms with Gasteiger partial charge in [-0.15, -0.1) is 0 Å². The third kappa shape index (κ3) is 7.10. The highest BCUT2D eigenvalue weighted by Crippen LogP contribution is 2.64. The molecule has 0 N–H and O–H groups in total. The van der Waals surface area contributed by atoms with E-state index in [2.05, 4.69) is 321 Å². The summed E-state index contributed by atoms with van der Waals surface area (Å²) < 4.78 is 0. The number of benzene rings is 12. The highest BCUT2D eigenvalue weighted by Gasteiger charge is 2.52. The van der Waals surface area contributed by atoms with Crippen LogP contribution in [0.2, 0.25) is 0 Å². The molecular weight excluding hydrogens is 1050 g/mol. The van der Waals surface area contributed by atoms with Crippen LogP contribution in [0.1, 0.15) is 114 Å². The minimum Gasteiger partial charge on any atom is -0.310 e. The van der Waals surface area contributed by atoms with E-state index >= 15 is 0 Å². The summed E-state index contributed by atoms with van der Waals surface area (Å²) in [5, 5.41) is 0. The Morgan fingerprint density at radius 1 is 0.218 bits per heavy atom. The number of rotatable bonds is 7. The lowest BCUT2D eigenvalue weighted by atomic mass is 9.70. The molecule has 2 nitrogen and oxygen atoms in total. The molecule has 0 fully saturated rings. The molecule has 0 aromatic heterocycles. The Morgan fingerprint density at radius 2 is 0.517 bits per heavy atom. The maximum atomic E-state index is 2.50. The van der Waals surface area contributed by atoms with Crippen LogP contribution in [-0.2, 0) is 21.7 Å². The van der Waals surface area contributed by atoms with Crippen molar-refractivity contribution >= 4 is 34.1 Å². The summed E-state index contributed by atoms with van der Waals surface area (Å²) in [4.78, 5) is 5.00. The van der Waals surface area contributed by atoms with E-state index in [1.54, 1.807) is 0 Å². The molecule has 0 heterocycles. The van der Waals surface area contributed by atoms with Gasteiger partial charge in [0.05, 0.1) is 5.41 Å². The first kappa shape index (κ1) is 51.6. The summed E-state index contributed by atoms with van der Waals surface area (Å²) in [6.45, 7) is 21.1. The minimum absolute atomic E-state index is 0.146. The number of hydrogen-bond donors (Lipinski definition) is 0. The zero-order valence-electron chi connectivity index (χ0n) is 51.1. The van der Waals surface area contributed by atoms with Gasteiger partial charge in [0.2, 0.25) is 0 Å². The lowest BCUT2D eigenvalue weighted by molar-refractivity contribution is 0.659. The average molecular weight is 1120 g/mol. The summed E-state index contributed by atoms with van der Waals surface area (Å²) in [5.41, 5.74) is 39.1. The molecule has 87 heavy (non-hydrogen) atoms. The van der Waals surface area contributed by atoms with Gasteiger partial charge in [-0.05, 0) is 222 Å². The average Bonchev–Trinajstić information content (AvgIpc) is 1.53. The van der Waals surface area contributed by atoms with Crippen molar-refractivity contribution < 1.29 is 0 Å². The predicted molar refractivity (Wildman–Crippen MR) is 364 cm³/mol. The lowest BCUT2D eigenvalue weighted by Gasteiger charge is -2.31. The van der Waals surface area contributed by atoms with Gasteiger partial charge in [0, 0.05) is 50.4 Å². The number of fused-ring (bicyclic) bond motifs is 19. The van der Waals surface area contributed by atoms with Crippen LogP contribution in [0.5, 0.6) is 0 Å². The standard InChI is InChI=1S/C85H68N2/c1-51-26-37-66-69-41-34-59(49-80(69)83(6,7)77(66)44-51)87(60-35-42-70-67-38-27-52(2)45-78(67)84(8,9)81(70)50-60)56-32-39-61(53(3)46-56)54-28-30-55(31-29-54)86(58-33-40-68-62-18-10-14-22-72(62)82(4,5)79(68)48-58)57-36-43-76-71(47-57)65-21-13-17-25-75(65)85(76)73-23-15-11-19-63(73)64-20-12-16-24-74(64)85/h10-50H,1-9H3. The second kappa shape index (κ2) is 18.1. The fraction of sp³-hybridized carbons (Fsp3) is 0.153. The van der Waals surface area contributed by atoms with Crippen molar-refractivity contribution in [3.63, 3.8) is 0 Å². The van der Waals surface area contributed by atoms with Gasteiger partial charge >= 0.3 is 0 Å². The Bertz CT molecular complexity index is 4790. The first-order valence-electron chi connectivity index (χ1n) is 31.1. The molecule has 0 aliphatic heterocycles. The SMILES string of the molecule is Cc1ccc2c(c1)C(C)(C)c1cc(N(c3ccc(-c4ccc(N(c5ccc6c(c5)-c5ccccc5C65c6ccccc6-c6ccccc65)c5ccc6c(c5)C(C)(C)c5ccccc5-6)cc4)c(C)c3)c3ccc4c(c3)C(C)(C)c3cc(C)ccc3-4)ccc1-2. The van der Waals surface area contributed by atoms with E-state index in [9.17, 15) is 0 Å². The molecule has 0 bridgehead atoms. The Kier molecular flexibility index (Phi) is 10.8. The fourth-order valence-corrected chi connectivity index (χ4v) is 16.8. The highest BCUT2D eigenvalue weighted by molar-refractivity contribution is 5.98. The van der Waals surface area contributed by atoms with Crippen molar-refractivity contribution in [2.45, 2.75) is 84.0 Å². The normalized spacial score (nSPS) is 15.3. The van der Waals surface area contributed by atoms with Crippen LogP contribution in [0, 0.1) is 20.8 Å².